The zero-order chi connectivity index (χ0) is 15.1. The first-order chi connectivity index (χ1) is 10.2. The second kappa shape index (κ2) is 10.2. The predicted octanol–water partition coefficient (Wildman–Crippen LogP) is 3.58. The molecule has 0 aliphatic carbocycles. The Balaban J connectivity index is 0.00000242. The number of amides is 1. The van der Waals surface area contributed by atoms with Crippen LogP contribution in [0.15, 0.2) is 18.2 Å². The number of halogens is 2. The fourth-order valence-electron chi connectivity index (χ4n) is 2.11. The first kappa shape index (κ1) is 19.4. The Morgan fingerprint density at radius 3 is 3.05 bits per heavy atom. The fourth-order valence-corrected chi connectivity index (χ4v) is 3.23. The molecule has 7 heteroatoms. The van der Waals surface area contributed by atoms with Gasteiger partial charge in [0.1, 0.15) is 5.75 Å². The molecule has 1 amide bonds. The molecule has 1 unspecified atom stereocenters. The average molecular weight is 365 g/mol. The summed E-state index contributed by atoms with van der Waals surface area (Å²) in [5.41, 5.74) is 0.643. The van der Waals surface area contributed by atoms with Crippen LogP contribution in [0.4, 0.5) is 5.69 Å². The van der Waals surface area contributed by atoms with Crippen LogP contribution in [0.3, 0.4) is 0 Å². The van der Waals surface area contributed by atoms with E-state index in [1.165, 1.54) is 0 Å². The van der Waals surface area contributed by atoms with Gasteiger partial charge in [0.25, 0.3) is 0 Å². The van der Waals surface area contributed by atoms with Gasteiger partial charge in [0.15, 0.2) is 0 Å². The van der Waals surface area contributed by atoms with E-state index in [1.807, 2.05) is 18.7 Å². The largest absolute Gasteiger partial charge is 0.491 e. The number of hydrogen-bond donors (Lipinski definition) is 2. The Morgan fingerprint density at radius 1 is 1.55 bits per heavy atom. The Morgan fingerprint density at radius 2 is 2.36 bits per heavy atom. The first-order valence-corrected chi connectivity index (χ1v) is 8.75. The van der Waals surface area contributed by atoms with Crippen molar-refractivity contribution in [2.24, 2.45) is 0 Å². The summed E-state index contributed by atoms with van der Waals surface area (Å²) in [6, 6.07) is 5.53. The molecule has 1 aromatic carbocycles. The Labute approximate surface area is 147 Å². The molecule has 22 heavy (non-hydrogen) atoms. The minimum absolute atomic E-state index is 0. The highest BCUT2D eigenvalue weighted by Crippen LogP contribution is 2.28. The summed E-state index contributed by atoms with van der Waals surface area (Å²) in [6.07, 6.45) is 1.38. The molecule has 0 bridgehead atoms. The van der Waals surface area contributed by atoms with Gasteiger partial charge in [-0.2, -0.15) is 11.8 Å². The summed E-state index contributed by atoms with van der Waals surface area (Å²) in [4.78, 5) is 12.2. The third kappa shape index (κ3) is 6.24. The molecule has 0 radical (unpaired) electrons. The molecule has 1 heterocycles. The van der Waals surface area contributed by atoms with Crippen molar-refractivity contribution in [3.05, 3.63) is 23.2 Å². The summed E-state index contributed by atoms with van der Waals surface area (Å²) in [6.45, 7) is 3.62. The van der Waals surface area contributed by atoms with Gasteiger partial charge in [-0.1, -0.05) is 18.5 Å². The zero-order valence-electron chi connectivity index (χ0n) is 12.6. The lowest BCUT2D eigenvalue weighted by Crippen LogP contribution is -2.39. The van der Waals surface area contributed by atoms with Crippen molar-refractivity contribution in [2.75, 3.05) is 30.0 Å². The van der Waals surface area contributed by atoms with E-state index in [0.29, 0.717) is 29.5 Å². The van der Waals surface area contributed by atoms with Crippen LogP contribution in [0.5, 0.6) is 5.75 Å². The number of carbonyl (C=O) groups excluding carboxylic acids is 1. The molecular formula is C15H22Cl2N2O2S. The van der Waals surface area contributed by atoms with Crippen LogP contribution >= 0.6 is 35.8 Å². The molecule has 1 saturated heterocycles. The van der Waals surface area contributed by atoms with Crippen LogP contribution in [0.1, 0.15) is 19.8 Å². The molecule has 4 nitrogen and oxygen atoms in total. The van der Waals surface area contributed by atoms with Crippen LogP contribution in [0.2, 0.25) is 5.02 Å². The quantitative estimate of drug-likeness (QED) is 0.809. The van der Waals surface area contributed by atoms with E-state index in [0.717, 1.165) is 24.5 Å². The smallest absolute Gasteiger partial charge is 0.226 e. The lowest BCUT2D eigenvalue weighted by Gasteiger charge is -2.22. The maximum Gasteiger partial charge on any atom is 0.226 e. The average Bonchev–Trinajstić information content (AvgIpc) is 2.47. The number of ether oxygens (including phenoxy) is 1. The molecule has 124 valence electrons. The lowest BCUT2D eigenvalue weighted by atomic mass is 10.2. The number of anilines is 1. The van der Waals surface area contributed by atoms with Gasteiger partial charge in [0.2, 0.25) is 5.91 Å². The molecule has 1 aliphatic heterocycles. The minimum atomic E-state index is -0.0152. The van der Waals surface area contributed by atoms with Crippen molar-refractivity contribution in [3.63, 3.8) is 0 Å². The van der Waals surface area contributed by atoms with E-state index in [1.54, 1.807) is 18.2 Å². The van der Waals surface area contributed by atoms with Crippen LogP contribution in [-0.2, 0) is 4.79 Å². The third-order valence-electron chi connectivity index (χ3n) is 3.11. The van der Waals surface area contributed by atoms with Gasteiger partial charge in [0, 0.05) is 35.5 Å². The van der Waals surface area contributed by atoms with E-state index in [9.17, 15) is 4.79 Å². The second-order valence-electron chi connectivity index (χ2n) is 4.97. The van der Waals surface area contributed by atoms with Crippen LogP contribution < -0.4 is 15.4 Å². The monoisotopic (exact) mass is 364 g/mol. The van der Waals surface area contributed by atoms with E-state index in [-0.39, 0.29) is 24.4 Å². The van der Waals surface area contributed by atoms with Gasteiger partial charge < -0.3 is 15.4 Å². The van der Waals surface area contributed by atoms with Gasteiger partial charge >= 0.3 is 0 Å². The van der Waals surface area contributed by atoms with E-state index in [2.05, 4.69) is 10.6 Å². The number of carbonyl (C=O) groups is 1. The number of nitrogens with one attached hydrogen (secondary N) is 2. The normalized spacial score (nSPS) is 17.5. The molecule has 1 fully saturated rings. The van der Waals surface area contributed by atoms with Gasteiger partial charge in [-0.25, -0.2) is 0 Å². The van der Waals surface area contributed by atoms with E-state index < -0.39 is 0 Å². The van der Waals surface area contributed by atoms with Crippen molar-refractivity contribution >= 4 is 47.4 Å². The highest BCUT2D eigenvalue weighted by Gasteiger charge is 2.17. The summed E-state index contributed by atoms with van der Waals surface area (Å²) < 4.78 is 5.64. The predicted molar refractivity (Wildman–Crippen MR) is 96.8 cm³/mol. The number of thioether (sulfide) groups is 1. The summed E-state index contributed by atoms with van der Waals surface area (Å²) in [7, 11) is 0. The highest BCUT2D eigenvalue weighted by atomic mass is 35.5. The Hall–Kier alpha value is -0.620. The molecule has 2 rings (SSSR count). The first-order valence-electron chi connectivity index (χ1n) is 7.22. The standard InChI is InChI=1S/C15H21ClN2O2S.ClH/c1-2-6-20-14-4-3-11(16)8-13(14)18-15(19)9-12-10-21-7-5-17-12;/h3-4,8,12,17H,2,5-7,9-10H2,1H3,(H,18,19);1H. The Kier molecular flexibility index (Phi) is 9.02. The maximum absolute atomic E-state index is 12.2. The SMILES string of the molecule is CCCOc1ccc(Cl)cc1NC(=O)CC1CSCCN1.Cl. The molecular weight excluding hydrogens is 343 g/mol. The van der Waals surface area contributed by atoms with Crippen molar-refractivity contribution in [1.82, 2.24) is 5.32 Å². The molecule has 0 saturated carbocycles. The van der Waals surface area contributed by atoms with Crippen LogP contribution in [-0.4, -0.2) is 36.6 Å². The van der Waals surface area contributed by atoms with Gasteiger partial charge in [-0.3, -0.25) is 4.79 Å². The number of hydrogen-bond acceptors (Lipinski definition) is 4. The minimum Gasteiger partial charge on any atom is -0.491 e. The van der Waals surface area contributed by atoms with Crippen LogP contribution in [0, 0.1) is 0 Å². The van der Waals surface area contributed by atoms with Gasteiger partial charge in [0.05, 0.1) is 12.3 Å². The van der Waals surface area contributed by atoms with E-state index >= 15 is 0 Å². The fraction of sp³-hybridized carbons (Fsp3) is 0.533. The van der Waals surface area contributed by atoms with Gasteiger partial charge in [-0.05, 0) is 24.6 Å². The zero-order valence-corrected chi connectivity index (χ0v) is 15.0. The highest BCUT2D eigenvalue weighted by molar-refractivity contribution is 7.99. The van der Waals surface area contributed by atoms with E-state index in [4.69, 9.17) is 16.3 Å². The Bertz CT molecular complexity index is 483. The summed E-state index contributed by atoms with van der Waals surface area (Å²) in [5, 5.41) is 6.85. The van der Waals surface area contributed by atoms with Gasteiger partial charge in [-0.15, -0.1) is 12.4 Å². The molecule has 1 aliphatic rings. The number of benzene rings is 1. The lowest BCUT2D eigenvalue weighted by molar-refractivity contribution is -0.116. The molecule has 1 atom stereocenters. The number of rotatable bonds is 6. The van der Waals surface area contributed by atoms with Crippen molar-refractivity contribution < 1.29 is 9.53 Å². The summed E-state index contributed by atoms with van der Waals surface area (Å²) in [5.74, 6) is 2.74. The van der Waals surface area contributed by atoms with Crippen molar-refractivity contribution in [3.8, 4) is 5.75 Å². The second-order valence-corrected chi connectivity index (χ2v) is 6.55. The topological polar surface area (TPSA) is 50.4 Å². The maximum atomic E-state index is 12.2. The molecule has 1 aromatic rings. The van der Waals surface area contributed by atoms with Crippen molar-refractivity contribution in [1.29, 1.82) is 0 Å². The third-order valence-corrected chi connectivity index (χ3v) is 4.47. The molecule has 0 spiro atoms. The van der Waals surface area contributed by atoms with Crippen molar-refractivity contribution in [2.45, 2.75) is 25.8 Å². The molecule has 0 aromatic heterocycles. The molecule has 2 N–H and O–H groups in total. The summed E-state index contributed by atoms with van der Waals surface area (Å²) >= 11 is 7.88. The van der Waals surface area contributed by atoms with Crippen LogP contribution in [0.25, 0.3) is 0 Å².